The maximum atomic E-state index is 12.3. The van der Waals surface area contributed by atoms with E-state index in [0.29, 0.717) is 5.56 Å². The summed E-state index contributed by atoms with van der Waals surface area (Å²) in [6, 6.07) is 9.38. The summed E-state index contributed by atoms with van der Waals surface area (Å²) >= 11 is 0. The maximum Gasteiger partial charge on any atom is 0.422 e. The van der Waals surface area contributed by atoms with Crippen molar-refractivity contribution in [3.63, 3.8) is 0 Å². The smallest absolute Gasteiger partial charge is 0.422 e. The number of nitrogens with one attached hydrogen (secondary N) is 1. The number of alkyl halides is 3. The number of aromatic nitrogens is 1. The van der Waals surface area contributed by atoms with Gasteiger partial charge in [-0.15, -0.1) is 0 Å². The maximum absolute atomic E-state index is 12.3. The topological polar surface area (TPSA) is 71.5 Å². The summed E-state index contributed by atoms with van der Waals surface area (Å²) < 4.78 is 41.5. The molecule has 27 heavy (non-hydrogen) atoms. The van der Waals surface area contributed by atoms with Crippen molar-refractivity contribution in [2.75, 3.05) is 20.7 Å². The molecule has 0 unspecified atom stereocenters. The van der Waals surface area contributed by atoms with E-state index in [1.165, 1.54) is 23.2 Å². The molecule has 1 N–H and O–H groups in total. The molecule has 2 aromatic rings. The Hall–Kier alpha value is -3.10. The van der Waals surface area contributed by atoms with Crippen LogP contribution in [0, 0.1) is 0 Å². The Bertz CT molecular complexity index is 805. The fourth-order valence-electron chi connectivity index (χ4n) is 2.13. The number of pyridine rings is 1. The number of halogens is 3. The minimum atomic E-state index is -4.53. The van der Waals surface area contributed by atoms with Crippen molar-refractivity contribution >= 4 is 11.8 Å². The van der Waals surface area contributed by atoms with Crippen LogP contribution in [0.5, 0.6) is 5.88 Å². The highest BCUT2D eigenvalue weighted by Crippen LogP contribution is 2.20. The largest absolute Gasteiger partial charge is 0.467 e. The molecule has 0 aliphatic heterocycles. The Morgan fingerprint density at radius 1 is 1.15 bits per heavy atom. The minimum Gasteiger partial charge on any atom is -0.467 e. The van der Waals surface area contributed by atoms with Crippen LogP contribution in [0.25, 0.3) is 0 Å². The summed E-state index contributed by atoms with van der Waals surface area (Å²) in [4.78, 5) is 29.2. The molecule has 1 aromatic carbocycles. The number of rotatable bonds is 6. The van der Waals surface area contributed by atoms with Crippen LogP contribution < -0.4 is 10.1 Å². The van der Waals surface area contributed by atoms with E-state index in [0.717, 1.165) is 5.56 Å². The van der Waals surface area contributed by atoms with Crippen molar-refractivity contribution in [3.05, 3.63) is 59.3 Å². The SMILES string of the molecule is CN(C)C(=O)c1ccc(CNC(=O)c2cccnc2OCC(F)(F)F)cc1. The van der Waals surface area contributed by atoms with Gasteiger partial charge in [-0.05, 0) is 29.8 Å². The van der Waals surface area contributed by atoms with Crippen LogP contribution in [0.15, 0.2) is 42.6 Å². The van der Waals surface area contributed by atoms with E-state index < -0.39 is 18.7 Å². The molecule has 9 heteroatoms. The summed E-state index contributed by atoms with van der Waals surface area (Å²) in [7, 11) is 3.28. The molecule has 0 fully saturated rings. The third-order valence-electron chi connectivity index (χ3n) is 3.45. The summed E-state index contributed by atoms with van der Waals surface area (Å²) in [5.74, 6) is -1.15. The fourth-order valence-corrected chi connectivity index (χ4v) is 2.13. The van der Waals surface area contributed by atoms with Crippen molar-refractivity contribution < 1.29 is 27.5 Å². The van der Waals surface area contributed by atoms with Gasteiger partial charge in [-0.1, -0.05) is 12.1 Å². The standard InChI is InChI=1S/C18H18F3N3O3/c1-24(2)17(26)13-7-5-12(6-8-13)10-23-15(25)14-4-3-9-22-16(14)27-11-18(19,20)21/h3-9H,10-11H2,1-2H3,(H,23,25). The van der Waals surface area contributed by atoms with E-state index in [1.54, 1.807) is 38.4 Å². The first-order valence-corrected chi connectivity index (χ1v) is 7.91. The highest BCUT2D eigenvalue weighted by molar-refractivity contribution is 5.96. The van der Waals surface area contributed by atoms with Crippen LogP contribution >= 0.6 is 0 Å². The molecule has 6 nitrogen and oxygen atoms in total. The predicted octanol–water partition coefficient (Wildman–Crippen LogP) is 2.65. The van der Waals surface area contributed by atoms with Crippen molar-refractivity contribution in [1.29, 1.82) is 0 Å². The first-order chi connectivity index (χ1) is 12.7. The molecule has 1 heterocycles. The molecule has 0 aliphatic carbocycles. The van der Waals surface area contributed by atoms with Gasteiger partial charge in [-0.25, -0.2) is 4.98 Å². The highest BCUT2D eigenvalue weighted by Gasteiger charge is 2.29. The number of nitrogens with zero attached hydrogens (tertiary/aromatic N) is 2. The van der Waals surface area contributed by atoms with Crippen molar-refractivity contribution in [2.45, 2.75) is 12.7 Å². The summed E-state index contributed by atoms with van der Waals surface area (Å²) in [6.45, 7) is -1.41. The second-order valence-electron chi connectivity index (χ2n) is 5.84. The molecular weight excluding hydrogens is 363 g/mol. The quantitative estimate of drug-likeness (QED) is 0.835. The van der Waals surface area contributed by atoms with E-state index in [2.05, 4.69) is 15.0 Å². The van der Waals surface area contributed by atoms with Gasteiger partial charge in [-0.3, -0.25) is 9.59 Å². The van der Waals surface area contributed by atoms with E-state index in [-0.39, 0.29) is 23.9 Å². The second-order valence-corrected chi connectivity index (χ2v) is 5.84. The number of amides is 2. The highest BCUT2D eigenvalue weighted by atomic mass is 19.4. The molecule has 2 amide bonds. The van der Waals surface area contributed by atoms with Gasteiger partial charge in [0.1, 0.15) is 5.56 Å². The molecule has 0 atom stereocenters. The van der Waals surface area contributed by atoms with E-state index in [1.807, 2.05) is 0 Å². The van der Waals surface area contributed by atoms with Crippen LogP contribution in [0.4, 0.5) is 13.2 Å². The lowest BCUT2D eigenvalue weighted by Gasteiger charge is -2.12. The third-order valence-corrected chi connectivity index (χ3v) is 3.45. The van der Waals surface area contributed by atoms with Crippen LogP contribution in [-0.4, -0.2) is 48.6 Å². The lowest BCUT2D eigenvalue weighted by molar-refractivity contribution is -0.154. The first-order valence-electron chi connectivity index (χ1n) is 7.91. The molecule has 0 bridgehead atoms. The third kappa shape index (κ3) is 5.98. The number of ether oxygens (including phenoxy) is 1. The lowest BCUT2D eigenvalue weighted by Crippen LogP contribution is -2.25. The van der Waals surface area contributed by atoms with E-state index in [9.17, 15) is 22.8 Å². The lowest BCUT2D eigenvalue weighted by atomic mass is 10.1. The van der Waals surface area contributed by atoms with Gasteiger partial charge < -0.3 is 15.0 Å². The van der Waals surface area contributed by atoms with Crippen LogP contribution in [0.1, 0.15) is 26.3 Å². The molecule has 0 saturated carbocycles. The van der Waals surface area contributed by atoms with Gasteiger partial charge in [0.15, 0.2) is 6.61 Å². The van der Waals surface area contributed by atoms with Crippen LogP contribution in [0.2, 0.25) is 0 Å². The fraction of sp³-hybridized carbons (Fsp3) is 0.278. The second kappa shape index (κ2) is 8.52. The minimum absolute atomic E-state index is 0.0962. The zero-order valence-corrected chi connectivity index (χ0v) is 14.7. The number of hydrogen-bond acceptors (Lipinski definition) is 4. The van der Waals surface area contributed by atoms with Crippen molar-refractivity contribution in [2.24, 2.45) is 0 Å². The average Bonchev–Trinajstić information content (AvgIpc) is 2.64. The number of benzene rings is 1. The molecule has 1 aromatic heterocycles. The molecule has 2 rings (SSSR count). The van der Waals surface area contributed by atoms with Gasteiger partial charge in [0.2, 0.25) is 5.88 Å². The van der Waals surface area contributed by atoms with Gasteiger partial charge in [0, 0.05) is 32.4 Å². The van der Waals surface area contributed by atoms with Gasteiger partial charge in [-0.2, -0.15) is 13.2 Å². The number of carbonyl (C=O) groups excluding carboxylic acids is 2. The van der Waals surface area contributed by atoms with Crippen molar-refractivity contribution in [3.8, 4) is 5.88 Å². The molecule has 0 saturated heterocycles. The molecule has 0 spiro atoms. The van der Waals surface area contributed by atoms with Gasteiger partial charge in [0.25, 0.3) is 11.8 Å². The Morgan fingerprint density at radius 3 is 2.41 bits per heavy atom. The average molecular weight is 381 g/mol. The predicted molar refractivity (Wildman–Crippen MR) is 91.4 cm³/mol. The zero-order chi connectivity index (χ0) is 20.0. The Labute approximate surface area is 154 Å². The normalized spacial score (nSPS) is 11.0. The molecular formula is C18H18F3N3O3. The zero-order valence-electron chi connectivity index (χ0n) is 14.7. The van der Waals surface area contributed by atoms with Crippen LogP contribution in [0.3, 0.4) is 0 Å². The van der Waals surface area contributed by atoms with Crippen LogP contribution in [-0.2, 0) is 6.54 Å². The van der Waals surface area contributed by atoms with E-state index in [4.69, 9.17) is 0 Å². The summed E-state index contributed by atoms with van der Waals surface area (Å²) in [6.07, 6.45) is -3.29. The Morgan fingerprint density at radius 2 is 1.81 bits per heavy atom. The summed E-state index contributed by atoms with van der Waals surface area (Å²) in [5.41, 5.74) is 1.13. The monoisotopic (exact) mass is 381 g/mol. The van der Waals surface area contributed by atoms with Crippen molar-refractivity contribution in [1.82, 2.24) is 15.2 Å². The summed E-state index contributed by atoms with van der Waals surface area (Å²) in [5, 5.41) is 2.59. The molecule has 0 radical (unpaired) electrons. The Balaban J connectivity index is 2.01. The van der Waals surface area contributed by atoms with E-state index >= 15 is 0 Å². The number of hydrogen-bond donors (Lipinski definition) is 1. The Kier molecular flexibility index (Phi) is 6.38. The molecule has 144 valence electrons. The molecule has 0 aliphatic rings. The number of carbonyl (C=O) groups is 2. The van der Waals surface area contributed by atoms with Gasteiger partial charge >= 0.3 is 6.18 Å². The van der Waals surface area contributed by atoms with Gasteiger partial charge in [0.05, 0.1) is 0 Å². The first kappa shape index (κ1) is 20.2.